The number of para-hydroxylation sites is 1. The number of carbonyl (C=O) groups excluding carboxylic acids is 2. The molecule has 0 aromatic heterocycles. The van der Waals surface area contributed by atoms with E-state index in [1.54, 1.807) is 0 Å². The van der Waals surface area contributed by atoms with E-state index in [-0.39, 0.29) is 29.9 Å². The standard InChI is InChI=1S/C22H23NO3/c1-3-14(2)26-20-17-12-8-7-9-15(17)13-18-19(20)22(25)23(21(18)24)16-10-5-4-6-11-16/h4-12,14,18-20H,3,13H2,1-2H3. The summed E-state index contributed by atoms with van der Waals surface area (Å²) >= 11 is 0. The van der Waals surface area contributed by atoms with Crippen molar-refractivity contribution in [2.24, 2.45) is 11.8 Å². The molecule has 1 heterocycles. The molecular formula is C22H23NO3. The van der Waals surface area contributed by atoms with E-state index < -0.39 is 5.92 Å². The molecule has 134 valence electrons. The van der Waals surface area contributed by atoms with E-state index in [0.717, 1.165) is 17.5 Å². The van der Waals surface area contributed by atoms with Crippen LogP contribution in [0.5, 0.6) is 0 Å². The summed E-state index contributed by atoms with van der Waals surface area (Å²) < 4.78 is 6.28. The first-order valence-corrected chi connectivity index (χ1v) is 9.28. The Morgan fingerprint density at radius 3 is 2.46 bits per heavy atom. The third-order valence-electron chi connectivity index (χ3n) is 5.57. The highest BCUT2D eigenvalue weighted by Gasteiger charge is 2.55. The van der Waals surface area contributed by atoms with E-state index in [1.807, 2.05) is 61.5 Å². The minimum Gasteiger partial charge on any atom is -0.370 e. The summed E-state index contributed by atoms with van der Waals surface area (Å²) in [4.78, 5) is 27.7. The highest BCUT2D eigenvalue weighted by Crippen LogP contribution is 2.47. The number of ether oxygens (including phenoxy) is 1. The molecule has 4 atom stereocenters. The van der Waals surface area contributed by atoms with Gasteiger partial charge in [0.05, 0.1) is 29.7 Å². The number of carbonyl (C=O) groups is 2. The lowest BCUT2D eigenvalue weighted by Gasteiger charge is -2.34. The van der Waals surface area contributed by atoms with Crippen LogP contribution in [0.4, 0.5) is 5.69 Å². The van der Waals surface area contributed by atoms with Crippen molar-refractivity contribution in [3.8, 4) is 0 Å². The molecule has 4 unspecified atom stereocenters. The molecule has 4 nitrogen and oxygen atoms in total. The topological polar surface area (TPSA) is 46.6 Å². The summed E-state index contributed by atoms with van der Waals surface area (Å²) in [5, 5.41) is 0. The Kier molecular flexibility index (Phi) is 4.37. The van der Waals surface area contributed by atoms with Crippen LogP contribution in [0.2, 0.25) is 0 Å². The fourth-order valence-electron chi connectivity index (χ4n) is 4.07. The number of hydrogen-bond donors (Lipinski definition) is 0. The van der Waals surface area contributed by atoms with Crippen molar-refractivity contribution in [3.05, 3.63) is 65.7 Å². The van der Waals surface area contributed by atoms with Gasteiger partial charge < -0.3 is 4.74 Å². The Labute approximate surface area is 153 Å². The molecule has 4 heteroatoms. The van der Waals surface area contributed by atoms with Gasteiger partial charge in [0.15, 0.2) is 0 Å². The normalized spacial score (nSPS) is 25.8. The zero-order valence-corrected chi connectivity index (χ0v) is 15.1. The van der Waals surface area contributed by atoms with Crippen LogP contribution in [-0.2, 0) is 20.7 Å². The Morgan fingerprint density at radius 2 is 1.73 bits per heavy atom. The summed E-state index contributed by atoms with van der Waals surface area (Å²) in [5.74, 6) is -1.06. The molecule has 1 aliphatic carbocycles. The van der Waals surface area contributed by atoms with Gasteiger partial charge in [-0.3, -0.25) is 9.59 Å². The lowest BCUT2D eigenvalue weighted by atomic mass is 9.75. The SMILES string of the molecule is CCC(C)OC1c2ccccc2CC2C(=O)N(c3ccccc3)C(=O)C21. The Balaban J connectivity index is 1.77. The summed E-state index contributed by atoms with van der Waals surface area (Å²) in [7, 11) is 0. The number of rotatable bonds is 4. The second kappa shape index (κ2) is 6.69. The molecule has 0 N–H and O–H groups in total. The van der Waals surface area contributed by atoms with Crippen molar-refractivity contribution in [2.45, 2.75) is 38.9 Å². The predicted molar refractivity (Wildman–Crippen MR) is 99.6 cm³/mol. The number of benzene rings is 2. The number of anilines is 1. The molecule has 0 radical (unpaired) electrons. The maximum Gasteiger partial charge on any atom is 0.240 e. The average Bonchev–Trinajstić information content (AvgIpc) is 2.92. The van der Waals surface area contributed by atoms with Gasteiger partial charge in [0, 0.05) is 0 Å². The average molecular weight is 349 g/mol. The third kappa shape index (κ3) is 2.65. The van der Waals surface area contributed by atoms with E-state index in [1.165, 1.54) is 4.90 Å². The van der Waals surface area contributed by atoms with E-state index >= 15 is 0 Å². The molecule has 1 aliphatic heterocycles. The van der Waals surface area contributed by atoms with Crippen LogP contribution in [0, 0.1) is 11.8 Å². The highest BCUT2D eigenvalue weighted by molar-refractivity contribution is 6.22. The van der Waals surface area contributed by atoms with E-state index in [2.05, 4.69) is 6.92 Å². The molecule has 1 fully saturated rings. The van der Waals surface area contributed by atoms with Crippen LogP contribution < -0.4 is 4.90 Å². The van der Waals surface area contributed by atoms with Crippen molar-refractivity contribution < 1.29 is 14.3 Å². The molecule has 0 spiro atoms. The molecule has 2 amide bonds. The zero-order chi connectivity index (χ0) is 18.3. The molecule has 26 heavy (non-hydrogen) atoms. The van der Waals surface area contributed by atoms with Crippen LogP contribution in [0.15, 0.2) is 54.6 Å². The second-order valence-electron chi connectivity index (χ2n) is 7.16. The number of imide groups is 1. The van der Waals surface area contributed by atoms with Gasteiger partial charge >= 0.3 is 0 Å². The molecule has 0 bridgehead atoms. The minimum absolute atomic E-state index is 0.0282. The van der Waals surface area contributed by atoms with Crippen LogP contribution in [0.25, 0.3) is 0 Å². The summed E-state index contributed by atoms with van der Waals surface area (Å²) in [6.45, 7) is 4.08. The summed E-state index contributed by atoms with van der Waals surface area (Å²) in [6, 6.07) is 17.2. The number of hydrogen-bond acceptors (Lipinski definition) is 3. The zero-order valence-electron chi connectivity index (χ0n) is 15.1. The van der Waals surface area contributed by atoms with Crippen molar-refractivity contribution in [1.29, 1.82) is 0 Å². The van der Waals surface area contributed by atoms with Gasteiger partial charge in [0.25, 0.3) is 0 Å². The molecule has 0 saturated carbocycles. The Bertz CT molecular complexity index is 832. The second-order valence-corrected chi connectivity index (χ2v) is 7.16. The summed E-state index contributed by atoms with van der Waals surface area (Å²) in [5.41, 5.74) is 2.80. The molecular weight excluding hydrogens is 326 g/mol. The van der Waals surface area contributed by atoms with E-state index in [0.29, 0.717) is 12.1 Å². The number of nitrogens with zero attached hydrogens (tertiary/aromatic N) is 1. The quantitative estimate of drug-likeness (QED) is 0.787. The molecule has 2 aliphatic rings. The van der Waals surface area contributed by atoms with Gasteiger partial charge in [-0.1, -0.05) is 49.4 Å². The third-order valence-corrected chi connectivity index (χ3v) is 5.57. The van der Waals surface area contributed by atoms with E-state index in [9.17, 15) is 9.59 Å². The first kappa shape index (κ1) is 17.0. The van der Waals surface area contributed by atoms with Crippen LogP contribution in [-0.4, -0.2) is 17.9 Å². The maximum atomic E-state index is 13.3. The first-order valence-electron chi connectivity index (χ1n) is 9.28. The van der Waals surface area contributed by atoms with Gasteiger partial charge in [-0.25, -0.2) is 4.90 Å². The fourth-order valence-corrected chi connectivity index (χ4v) is 4.07. The maximum absolute atomic E-state index is 13.3. The smallest absolute Gasteiger partial charge is 0.240 e. The molecule has 2 aromatic carbocycles. The van der Waals surface area contributed by atoms with Crippen LogP contribution in [0.3, 0.4) is 0 Å². The van der Waals surface area contributed by atoms with Gasteiger partial charge in [-0.2, -0.15) is 0 Å². The number of amides is 2. The van der Waals surface area contributed by atoms with Gasteiger partial charge in [0.2, 0.25) is 11.8 Å². The van der Waals surface area contributed by atoms with Crippen LogP contribution >= 0.6 is 0 Å². The van der Waals surface area contributed by atoms with Crippen LogP contribution in [0.1, 0.15) is 37.5 Å². The number of fused-ring (bicyclic) bond motifs is 2. The largest absolute Gasteiger partial charge is 0.370 e. The minimum atomic E-state index is -0.452. The van der Waals surface area contributed by atoms with Crippen molar-refractivity contribution in [3.63, 3.8) is 0 Å². The first-order chi connectivity index (χ1) is 12.6. The fraction of sp³-hybridized carbons (Fsp3) is 0.364. The van der Waals surface area contributed by atoms with Gasteiger partial charge in [-0.15, -0.1) is 0 Å². The van der Waals surface area contributed by atoms with E-state index in [4.69, 9.17) is 4.74 Å². The van der Waals surface area contributed by atoms with Crippen molar-refractivity contribution in [2.75, 3.05) is 4.90 Å². The summed E-state index contributed by atoms with van der Waals surface area (Å²) in [6.07, 6.45) is 1.11. The van der Waals surface area contributed by atoms with Gasteiger partial charge in [-0.05, 0) is 43.0 Å². The Hall–Kier alpha value is -2.46. The predicted octanol–water partition coefficient (Wildman–Crippen LogP) is 3.90. The molecule has 4 rings (SSSR count). The molecule has 2 aromatic rings. The lowest BCUT2D eigenvalue weighted by molar-refractivity contribution is -0.131. The monoisotopic (exact) mass is 349 g/mol. The van der Waals surface area contributed by atoms with Crippen molar-refractivity contribution >= 4 is 17.5 Å². The van der Waals surface area contributed by atoms with Gasteiger partial charge in [0.1, 0.15) is 0 Å². The molecule has 1 saturated heterocycles. The lowest BCUT2D eigenvalue weighted by Crippen LogP contribution is -2.35. The van der Waals surface area contributed by atoms with Crippen molar-refractivity contribution in [1.82, 2.24) is 0 Å². The highest BCUT2D eigenvalue weighted by atomic mass is 16.5. The Morgan fingerprint density at radius 1 is 1.04 bits per heavy atom.